The Kier molecular flexibility index (Phi) is 6.06. The number of benzene rings is 2. The fourth-order valence-corrected chi connectivity index (χ4v) is 2.75. The van der Waals surface area contributed by atoms with E-state index in [4.69, 9.17) is 9.47 Å². The van der Waals surface area contributed by atoms with Crippen LogP contribution in [-0.4, -0.2) is 30.3 Å². The van der Waals surface area contributed by atoms with Gasteiger partial charge in [-0.05, 0) is 37.3 Å². The third-order valence-corrected chi connectivity index (χ3v) is 4.28. The van der Waals surface area contributed by atoms with Gasteiger partial charge in [0.05, 0.1) is 20.3 Å². The number of amides is 1. The van der Waals surface area contributed by atoms with Gasteiger partial charge in [-0.25, -0.2) is 0 Å². The topological polar surface area (TPSA) is 86.5 Å². The molecule has 9 heteroatoms. The van der Waals surface area contributed by atoms with Gasteiger partial charge in [0.2, 0.25) is 5.82 Å². The molecule has 0 spiro atoms. The molecule has 0 saturated heterocycles. The number of aromatic nitrogens is 2. The van der Waals surface area contributed by atoms with Crippen LogP contribution >= 0.6 is 0 Å². The highest BCUT2D eigenvalue weighted by Gasteiger charge is 2.19. The Labute approximate surface area is 165 Å². The summed E-state index contributed by atoms with van der Waals surface area (Å²) in [6, 6.07) is 11.2. The molecule has 0 aliphatic heterocycles. The van der Waals surface area contributed by atoms with E-state index in [1.54, 1.807) is 56.7 Å². The first-order chi connectivity index (χ1) is 13.9. The molecule has 2 aromatic carbocycles. The number of hydrogen-bond acceptors (Lipinski definition) is 6. The lowest BCUT2D eigenvalue weighted by atomic mass is 10.1. The Balaban J connectivity index is 1.74. The predicted octanol–water partition coefficient (Wildman–Crippen LogP) is 4.18. The lowest BCUT2D eigenvalue weighted by Crippen LogP contribution is -2.26. The van der Waals surface area contributed by atoms with Crippen molar-refractivity contribution in [3.05, 3.63) is 59.5 Å². The molecule has 1 heterocycles. The second kappa shape index (κ2) is 8.68. The number of nitrogens with one attached hydrogen (secondary N) is 1. The van der Waals surface area contributed by atoms with Crippen LogP contribution < -0.4 is 14.8 Å². The Morgan fingerprint density at radius 3 is 2.41 bits per heavy atom. The lowest BCUT2D eigenvalue weighted by molar-refractivity contribution is 0.0939. The van der Waals surface area contributed by atoms with E-state index in [9.17, 15) is 13.6 Å². The molecule has 0 radical (unpaired) electrons. The van der Waals surface area contributed by atoms with E-state index in [0.717, 1.165) is 5.56 Å². The van der Waals surface area contributed by atoms with Crippen LogP contribution in [0.2, 0.25) is 0 Å². The Hall–Kier alpha value is -3.49. The minimum Gasteiger partial charge on any atom is -0.497 e. The highest BCUT2D eigenvalue weighted by molar-refractivity contribution is 5.94. The molecule has 1 aromatic heterocycles. The van der Waals surface area contributed by atoms with Crippen molar-refractivity contribution in [1.82, 2.24) is 15.5 Å². The van der Waals surface area contributed by atoms with Crippen molar-refractivity contribution in [2.24, 2.45) is 0 Å². The van der Waals surface area contributed by atoms with Gasteiger partial charge in [0, 0.05) is 16.7 Å². The maximum atomic E-state index is 12.6. The average Bonchev–Trinajstić information content (AvgIpc) is 3.24. The summed E-state index contributed by atoms with van der Waals surface area (Å²) in [6.07, 6.45) is -2.84. The van der Waals surface area contributed by atoms with Crippen molar-refractivity contribution in [2.75, 3.05) is 14.2 Å². The summed E-state index contributed by atoms with van der Waals surface area (Å²) in [4.78, 5) is 16.2. The van der Waals surface area contributed by atoms with E-state index in [1.165, 1.54) is 0 Å². The molecule has 29 heavy (non-hydrogen) atoms. The molecule has 3 aromatic rings. The number of rotatable bonds is 7. The van der Waals surface area contributed by atoms with Crippen molar-refractivity contribution in [1.29, 1.82) is 0 Å². The standard InChI is InChI=1S/C20H19F2N3O4/c1-11(15-10-14(27-2)8-9-16(15)28-3)23-19(26)13-6-4-12(5-7-13)18-24-20(17(21)22)29-25-18/h4-11,17H,1-3H3,(H,23,26)/t11-/m0/s1. The minimum absolute atomic E-state index is 0.0294. The third-order valence-electron chi connectivity index (χ3n) is 4.28. The number of nitrogens with zero attached hydrogens (tertiary/aromatic N) is 2. The summed E-state index contributed by atoms with van der Waals surface area (Å²) in [6.45, 7) is 1.83. The number of carbonyl (C=O) groups excluding carboxylic acids is 1. The van der Waals surface area contributed by atoms with Crippen LogP contribution in [0.25, 0.3) is 11.4 Å². The fourth-order valence-electron chi connectivity index (χ4n) is 2.75. The number of ether oxygens (including phenoxy) is 2. The molecular weight excluding hydrogens is 384 g/mol. The molecule has 7 nitrogen and oxygen atoms in total. The molecule has 0 unspecified atom stereocenters. The SMILES string of the molecule is COc1ccc(OC)c([C@H](C)NC(=O)c2ccc(-c3noc(C(F)F)n3)cc2)c1. The predicted molar refractivity (Wildman–Crippen MR) is 100 cm³/mol. The molecule has 0 aliphatic carbocycles. The van der Waals surface area contributed by atoms with Crippen LogP contribution in [0.1, 0.15) is 41.2 Å². The van der Waals surface area contributed by atoms with Crippen LogP contribution in [0.4, 0.5) is 8.78 Å². The van der Waals surface area contributed by atoms with E-state index in [0.29, 0.717) is 22.6 Å². The summed E-state index contributed by atoms with van der Waals surface area (Å²) in [5, 5.41) is 6.41. The van der Waals surface area contributed by atoms with Crippen molar-refractivity contribution in [3.8, 4) is 22.9 Å². The fraction of sp³-hybridized carbons (Fsp3) is 0.250. The first-order valence-electron chi connectivity index (χ1n) is 8.68. The van der Waals surface area contributed by atoms with E-state index in [-0.39, 0.29) is 17.8 Å². The molecule has 1 atom stereocenters. The maximum absolute atomic E-state index is 12.6. The second-order valence-corrected chi connectivity index (χ2v) is 6.14. The highest BCUT2D eigenvalue weighted by atomic mass is 19.3. The van der Waals surface area contributed by atoms with Gasteiger partial charge < -0.3 is 19.3 Å². The quantitative estimate of drug-likeness (QED) is 0.637. The summed E-state index contributed by atoms with van der Waals surface area (Å²) >= 11 is 0. The number of halogens is 2. The van der Waals surface area contributed by atoms with E-state index >= 15 is 0 Å². The normalized spacial score (nSPS) is 11.9. The van der Waals surface area contributed by atoms with Gasteiger partial charge in [0.15, 0.2) is 0 Å². The zero-order valence-electron chi connectivity index (χ0n) is 16.0. The van der Waals surface area contributed by atoms with Gasteiger partial charge in [-0.15, -0.1) is 0 Å². The van der Waals surface area contributed by atoms with Gasteiger partial charge in [-0.3, -0.25) is 4.79 Å². The molecule has 1 N–H and O–H groups in total. The van der Waals surface area contributed by atoms with Crippen LogP contribution in [-0.2, 0) is 0 Å². The number of hydrogen-bond donors (Lipinski definition) is 1. The average molecular weight is 403 g/mol. The summed E-state index contributed by atoms with van der Waals surface area (Å²) in [7, 11) is 3.11. The smallest absolute Gasteiger partial charge is 0.315 e. The monoisotopic (exact) mass is 403 g/mol. The molecular formula is C20H19F2N3O4. The molecule has 152 valence electrons. The summed E-state index contributed by atoms with van der Waals surface area (Å²) in [5.41, 5.74) is 1.61. The zero-order chi connectivity index (χ0) is 21.0. The highest BCUT2D eigenvalue weighted by Crippen LogP contribution is 2.29. The van der Waals surface area contributed by atoms with Crippen molar-refractivity contribution >= 4 is 5.91 Å². The van der Waals surface area contributed by atoms with Crippen LogP contribution in [0.15, 0.2) is 47.0 Å². The van der Waals surface area contributed by atoms with Crippen molar-refractivity contribution < 1.29 is 27.6 Å². The Bertz CT molecular complexity index is 990. The zero-order valence-corrected chi connectivity index (χ0v) is 16.0. The van der Waals surface area contributed by atoms with Crippen LogP contribution in [0.3, 0.4) is 0 Å². The van der Waals surface area contributed by atoms with Crippen molar-refractivity contribution in [2.45, 2.75) is 19.4 Å². The van der Waals surface area contributed by atoms with E-state index in [1.807, 2.05) is 6.92 Å². The Morgan fingerprint density at radius 2 is 1.83 bits per heavy atom. The maximum Gasteiger partial charge on any atom is 0.315 e. The molecule has 3 rings (SSSR count). The lowest BCUT2D eigenvalue weighted by Gasteiger charge is -2.18. The first-order valence-corrected chi connectivity index (χ1v) is 8.68. The summed E-state index contributed by atoms with van der Waals surface area (Å²) < 4.78 is 40.2. The second-order valence-electron chi connectivity index (χ2n) is 6.14. The number of methoxy groups -OCH3 is 2. The van der Waals surface area contributed by atoms with Crippen molar-refractivity contribution in [3.63, 3.8) is 0 Å². The minimum atomic E-state index is -2.84. The third kappa shape index (κ3) is 4.50. The van der Waals surface area contributed by atoms with Gasteiger partial charge >= 0.3 is 6.43 Å². The first kappa shape index (κ1) is 20.2. The largest absolute Gasteiger partial charge is 0.497 e. The van der Waals surface area contributed by atoms with E-state index < -0.39 is 12.3 Å². The van der Waals surface area contributed by atoms with Crippen LogP contribution in [0, 0.1) is 0 Å². The molecule has 0 saturated carbocycles. The van der Waals surface area contributed by atoms with E-state index in [2.05, 4.69) is 20.0 Å². The van der Waals surface area contributed by atoms with Gasteiger partial charge in [0.1, 0.15) is 11.5 Å². The Morgan fingerprint density at radius 1 is 1.10 bits per heavy atom. The van der Waals surface area contributed by atoms with Crippen LogP contribution in [0.5, 0.6) is 11.5 Å². The van der Waals surface area contributed by atoms with Gasteiger partial charge in [0.25, 0.3) is 11.8 Å². The molecule has 0 aliphatic rings. The summed E-state index contributed by atoms with van der Waals surface area (Å²) in [5.74, 6) is 0.246. The number of alkyl halides is 2. The molecule has 1 amide bonds. The van der Waals surface area contributed by atoms with Gasteiger partial charge in [-0.1, -0.05) is 17.3 Å². The number of carbonyl (C=O) groups is 1. The molecule has 0 bridgehead atoms. The molecule has 0 fully saturated rings. The van der Waals surface area contributed by atoms with Gasteiger partial charge in [-0.2, -0.15) is 13.8 Å².